The van der Waals surface area contributed by atoms with Crippen molar-refractivity contribution in [2.75, 3.05) is 19.8 Å². The lowest BCUT2D eigenvalue weighted by molar-refractivity contribution is -0.196. The molecule has 0 amide bonds. The number of nitrogens with two attached hydrogens (primary N) is 1. The van der Waals surface area contributed by atoms with E-state index in [0.717, 1.165) is 38.7 Å². The van der Waals surface area contributed by atoms with E-state index in [0.29, 0.717) is 13.2 Å². The predicted octanol–water partition coefficient (Wildman–Crippen LogP) is 2.71. The maximum atomic E-state index is 11.5. The van der Waals surface area contributed by atoms with Crippen LogP contribution in [0, 0.1) is 16.2 Å². The van der Waals surface area contributed by atoms with Crippen LogP contribution in [0.1, 0.15) is 59.8 Å². The summed E-state index contributed by atoms with van der Waals surface area (Å²) in [4.78, 5) is 0. The first-order valence-corrected chi connectivity index (χ1v) is 7.64. The Morgan fingerprint density at radius 3 is 2.05 bits per heavy atom. The monoisotopic (exact) mass is 269 g/mol. The van der Waals surface area contributed by atoms with Gasteiger partial charge in [0.15, 0.2) is 0 Å². The standard InChI is InChI=1S/C16H31NO2/c1-13(2)8-14(3,4)10-16(18,9-13)15(11-17)6-5-7-19-12-15/h18H,5-12,17H2,1-4H3. The highest BCUT2D eigenvalue weighted by molar-refractivity contribution is 5.08. The van der Waals surface area contributed by atoms with E-state index in [4.69, 9.17) is 10.5 Å². The van der Waals surface area contributed by atoms with Crippen LogP contribution >= 0.6 is 0 Å². The van der Waals surface area contributed by atoms with Gasteiger partial charge < -0.3 is 15.6 Å². The molecule has 3 nitrogen and oxygen atoms in total. The maximum Gasteiger partial charge on any atom is 0.0748 e. The number of aliphatic hydroxyl groups is 1. The van der Waals surface area contributed by atoms with Crippen molar-refractivity contribution in [3.05, 3.63) is 0 Å². The Labute approximate surface area is 117 Å². The summed E-state index contributed by atoms with van der Waals surface area (Å²) < 4.78 is 5.69. The van der Waals surface area contributed by atoms with E-state index in [1.165, 1.54) is 0 Å². The first kappa shape index (κ1) is 15.3. The molecule has 1 heterocycles. The molecule has 1 atom stereocenters. The van der Waals surface area contributed by atoms with E-state index in [-0.39, 0.29) is 16.2 Å². The zero-order chi connectivity index (χ0) is 14.4. The Morgan fingerprint density at radius 2 is 1.63 bits per heavy atom. The summed E-state index contributed by atoms with van der Waals surface area (Å²) in [7, 11) is 0. The van der Waals surface area contributed by atoms with Crippen molar-refractivity contribution in [3.63, 3.8) is 0 Å². The molecule has 0 aromatic carbocycles. The van der Waals surface area contributed by atoms with Crippen molar-refractivity contribution >= 4 is 0 Å². The Morgan fingerprint density at radius 1 is 1.05 bits per heavy atom. The summed E-state index contributed by atoms with van der Waals surface area (Å²) >= 11 is 0. The average molecular weight is 269 g/mol. The van der Waals surface area contributed by atoms with Crippen LogP contribution in [-0.2, 0) is 4.74 Å². The van der Waals surface area contributed by atoms with Crippen LogP contribution in [-0.4, -0.2) is 30.5 Å². The molecule has 112 valence electrons. The van der Waals surface area contributed by atoms with Gasteiger partial charge in [-0.25, -0.2) is 0 Å². The maximum absolute atomic E-state index is 11.5. The molecule has 0 aromatic heterocycles. The van der Waals surface area contributed by atoms with Crippen LogP contribution in [0.2, 0.25) is 0 Å². The third-order valence-electron chi connectivity index (χ3n) is 5.20. The van der Waals surface area contributed by atoms with Crippen molar-refractivity contribution in [1.29, 1.82) is 0 Å². The smallest absolute Gasteiger partial charge is 0.0748 e. The van der Waals surface area contributed by atoms with Crippen molar-refractivity contribution < 1.29 is 9.84 Å². The number of ether oxygens (including phenoxy) is 1. The van der Waals surface area contributed by atoms with E-state index in [2.05, 4.69) is 27.7 Å². The molecule has 3 N–H and O–H groups in total. The zero-order valence-corrected chi connectivity index (χ0v) is 13.1. The Hall–Kier alpha value is -0.120. The lowest BCUT2D eigenvalue weighted by Crippen LogP contribution is -2.62. The Balaban J connectivity index is 2.33. The second-order valence-electron chi connectivity index (χ2n) is 8.53. The van der Waals surface area contributed by atoms with Gasteiger partial charge in [-0.15, -0.1) is 0 Å². The fourth-order valence-corrected chi connectivity index (χ4v) is 5.01. The Bertz CT molecular complexity index is 314. The molecule has 1 aliphatic heterocycles. The van der Waals surface area contributed by atoms with Gasteiger partial charge in [0.2, 0.25) is 0 Å². The highest BCUT2D eigenvalue weighted by Crippen LogP contribution is 2.57. The Kier molecular flexibility index (Phi) is 3.79. The third-order valence-corrected chi connectivity index (χ3v) is 5.20. The minimum Gasteiger partial charge on any atom is -0.389 e. The van der Waals surface area contributed by atoms with E-state index in [9.17, 15) is 5.11 Å². The molecule has 0 spiro atoms. The zero-order valence-electron chi connectivity index (χ0n) is 13.1. The van der Waals surface area contributed by atoms with E-state index < -0.39 is 5.60 Å². The molecule has 0 aromatic rings. The fraction of sp³-hybridized carbons (Fsp3) is 1.00. The summed E-state index contributed by atoms with van der Waals surface area (Å²) in [5.41, 5.74) is 5.48. The van der Waals surface area contributed by atoms with Gasteiger partial charge in [0, 0.05) is 18.6 Å². The van der Waals surface area contributed by atoms with Gasteiger partial charge in [-0.05, 0) is 42.9 Å². The minimum atomic E-state index is -0.687. The molecule has 1 saturated heterocycles. The molecule has 1 aliphatic carbocycles. The molecule has 1 saturated carbocycles. The predicted molar refractivity (Wildman–Crippen MR) is 77.9 cm³/mol. The van der Waals surface area contributed by atoms with E-state index in [1.807, 2.05) is 0 Å². The average Bonchev–Trinajstić information content (AvgIpc) is 2.25. The number of rotatable bonds is 2. The summed E-state index contributed by atoms with van der Waals surface area (Å²) in [6.07, 6.45) is 4.84. The quantitative estimate of drug-likeness (QED) is 0.810. The van der Waals surface area contributed by atoms with Gasteiger partial charge >= 0.3 is 0 Å². The largest absolute Gasteiger partial charge is 0.389 e. The van der Waals surface area contributed by atoms with Crippen LogP contribution in [0.4, 0.5) is 0 Å². The number of hydrogen-bond donors (Lipinski definition) is 2. The van der Waals surface area contributed by atoms with Gasteiger partial charge in [0.05, 0.1) is 12.2 Å². The minimum absolute atomic E-state index is 0.163. The fourth-order valence-electron chi connectivity index (χ4n) is 5.01. The van der Waals surface area contributed by atoms with Crippen LogP contribution in [0.25, 0.3) is 0 Å². The van der Waals surface area contributed by atoms with Gasteiger partial charge in [-0.3, -0.25) is 0 Å². The van der Waals surface area contributed by atoms with Crippen LogP contribution in [0.15, 0.2) is 0 Å². The molecule has 2 rings (SSSR count). The van der Waals surface area contributed by atoms with E-state index in [1.54, 1.807) is 0 Å². The SMILES string of the molecule is CC1(C)CC(C)(C)CC(O)(C2(CN)CCCOC2)C1. The van der Waals surface area contributed by atoms with Crippen LogP contribution < -0.4 is 5.73 Å². The normalized spacial score (nSPS) is 36.9. The molecule has 19 heavy (non-hydrogen) atoms. The summed E-state index contributed by atoms with van der Waals surface area (Å²) in [5.74, 6) is 0. The third kappa shape index (κ3) is 2.84. The van der Waals surface area contributed by atoms with Crippen molar-refractivity contribution in [3.8, 4) is 0 Å². The molecular weight excluding hydrogens is 238 g/mol. The molecule has 3 heteroatoms. The van der Waals surface area contributed by atoms with Gasteiger partial charge in [-0.2, -0.15) is 0 Å². The van der Waals surface area contributed by atoms with Crippen molar-refractivity contribution in [2.45, 2.75) is 65.4 Å². The van der Waals surface area contributed by atoms with Crippen molar-refractivity contribution in [2.24, 2.45) is 22.0 Å². The van der Waals surface area contributed by atoms with Crippen molar-refractivity contribution in [1.82, 2.24) is 0 Å². The molecule has 0 bridgehead atoms. The lowest BCUT2D eigenvalue weighted by atomic mass is 9.52. The summed E-state index contributed by atoms with van der Waals surface area (Å²) in [5, 5.41) is 11.5. The second-order valence-corrected chi connectivity index (χ2v) is 8.53. The van der Waals surface area contributed by atoms with E-state index >= 15 is 0 Å². The summed E-state index contributed by atoms with van der Waals surface area (Å²) in [6.45, 7) is 11.0. The lowest BCUT2D eigenvalue weighted by Gasteiger charge is -2.58. The number of hydrogen-bond acceptors (Lipinski definition) is 3. The topological polar surface area (TPSA) is 55.5 Å². The molecule has 2 fully saturated rings. The second kappa shape index (κ2) is 4.71. The summed E-state index contributed by atoms with van der Waals surface area (Å²) in [6, 6.07) is 0. The van der Waals surface area contributed by atoms with Gasteiger partial charge in [0.25, 0.3) is 0 Å². The molecular formula is C16H31NO2. The molecule has 2 aliphatic rings. The highest BCUT2D eigenvalue weighted by atomic mass is 16.5. The highest BCUT2D eigenvalue weighted by Gasteiger charge is 2.57. The molecule has 1 unspecified atom stereocenters. The first-order chi connectivity index (χ1) is 8.64. The van der Waals surface area contributed by atoms with Gasteiger partial charge in [0.1, 0.15) is 0 Å². The first-order valence-electron chi connectivity index (χ1n) is 7.64. The van der Waals surface area contributed by atoms with Crippen LogP contribution in [0.5, 0.6) is 0 Å². The van der Waals surface area contributed by atoms with Gasteiger partial charge in [-0.1, -0.05) is 27.7 Å². The van der Waals surface area contributed by atoms with Crippen LogP contribution in [0.3, 0.4) is 0 Å². The molecule has 0 radical (unpaired) electrons.